The molecular formula is C22H19N5O3. The number of amides is 1. The first-order valence-corrected chi connectivity index (χ1v) is 9.22. The highest BCUT2D eigenvalue weighted by atomic mass is 16.5. The SMILES string of the molecule is COc1ccccc1NC(=O)C1=C(C)Nc2c(C#N)cnn2[C@@H]1c1cccc(O)c1. The van der Waals surface area contributed by atoms with Gasteiger partial charge in [0.1, 0.15) is 35.0 Å². The minimum atomic E-state index is -0.634. The van der Waals surface area contributed by atoms with Gasteiger partial charge in [0.05, 0.1) is 24.6 Å². The summed E-state index contributed by atoms with van der Waals surface area (Å²) in [5.74, 6) is 0.755. The fraction of sp³-hybridized carbons (Fsp3) is 0.136. The topological polar surface area (TPSA) is 112 Å². The third-order valence-electron chi connectivity index (χ3n) is 4.93. The molecule has 3 aromatic rings. The summed E-state index contributed by atoms with van der Waals surface area (Å²) in [6.07, 6.45) is 1.45. The molecule has 0 saturated carbocycles. The van der Waals surface area contributed by atoms with Crippen LogP contribution in [-0.4, -0.2) is 27.9 Å². The van der Waals surface area contributed by atoms with Gasteiger partial charge in [-0.05, 0) is 36.8 Å². The van der Waals surface area contributed by atoms with Gasteiger partial charge in [-0.25, -0.2) is 4.68 Å². The van der Waals surface area contributed by atoms with E-state index in [-0.39, 0.29) is 11.7 Å². The van der Waals surface area contributed by atoms with Crippen LogP contribution in [-0.2, 0) is 4.79 Å². The number of aromatic nitrogens is 2. The first-order valence-electron chi connectivity index (χ1n) is 9.22. The number of phenolic OH excluding ortho intramolecular Hbond substituents is 1. The Morgan fingerprint density at radius 2 is 2.10 bits per heavy atom. The number of hydrogen-bond acceptors (Lipinski definition) is 6. The Kier molecular flexibility index (Phi) is 4.86. The molecule has 4 rings (SSSR count). The largest absolute Gasteiger partial charge is 0.508 e. The molecule has 1 amide bonds. The maximum Gasteiger partial charge on any atom is 0.255 e. The number of para-hydroxylation sites is 2. The van der Waals surface area contributed by atoms with Crippen molar-refractivity contribution in [1.29, 1.82) is 5.26 Å². The molecule has 2 aromatic carbocycles. The smallest absolute Gasteiger partial charge is 0.255 e. The van der Waals surface area contributed by atoms with Crippen molar-refractivity contribution in [2.75, 3.05) is 17.7 Å². The van der Waals surface area contributed by atoms with Crippen LogP contribution in [0.15, 0.2) is 66.0 Å². The van der Waals surface area contributed by atoms with Crippen molar-refractivity contribution in [2.45, 2.75) is 13.0 Å². The maximum atomic E-state index is 13.4. The Morgan fingerprint density at radius 3 is 2.83 bits per heavy atom. The molecular weight excluding hydrogens is 382 g/mol. The quantitative estimate of drug-likeness (QED) is 0.618. The van der Waals surface area contributed by atoms with Gasteiger partial charge in [0.2, 0.25) is 0 Å². The second kappa shape index (κ2) is 7.64. The lowest BCUT2D eigenvalue weighted by atomic mass is 9.94. The monoisotopic (exact) mass is 401 g/mol. The first-order chi connectivity index (χ1) is 14.5. The number of anilines is 2. The highest BCUT2D eigenvalue weighted by Gasteiger charge is 2.34. The van der Waals surface area contributed by atoms with E-state index in [9.17, 15) is 15.2 Å². The van der Waals surface area contributed by atoms with Crippen molar-refractivity contribution in [3.8, 4) is 17.6 Å². The number of carbonyl (C=O) groups is 1. The Labute approximate surface area is 173 Å². The van der Waals surface area contributed by atoms with Gasteiger partial charge >= 0.3 is 0 Å². The zero-order valence-electron chi connectivity index (χ0n) is 16.4. The molecule has 30 heavy (non-hydrogen) atoms. The van der Waals surface area contributed by atoms with Gasteiger partial charge in [0, 0.05) is 5.70 Å². The number of aromatic hydroxyl groups is 1. The average molecular weight is 401 g/mol. The number of methoxy groups -OCH3 is 1. The van der Waals surface area contributed by atoms with E-state index in [2.05, 4.69) is 21.8 Å². The van der Waals surface area contributed by atoms with Crippen molar-refractivity contribution >= 4 is 17.4 Å². The van der Waals surface area contributed by atoms with Gasteiger partial charge in [-0.1, -0.05) is 24.3 Å². The van der Waals surface area contributed by atoms with E-state index in [0.717, 1.165) is 0 Å². The Bertz CT molecular complexity index is 1210. The minimum Gasteiger partial charge on any atom is -0.508 e. The number of hydrogen-bond donors (Lipinski definition) is 3. The molecule has 2 heterocycles. The molecule has 1 aliphatic rings. The lowest BCUT2D eigenvalue weighted by Gasteiger charge is -2.30. The van der Waals surface area contributed by atoms with Gasteiger partial charge in [-0.15, -0.1) is 0 Å². The van der Waals surface area contributed by atoms with Crippen LogP contribution in [0.3, 0.4) is 0 Å². The first kappa shape index (κ1) is 19.1. The van der Waals surface area contributed by atoms with Crippen LogP contribution in [0, 0.1) is 11.3 Å². The number of carbonyl (C=O) groups excluding carboxylic acids is 1. The fourth-order valence-corrected chi connectivity index (χ4v) is 3.57. The van der Waals surface area contributed by atoms with Gasteiger partial charge in [-0.2, -0.15) is 10.4 Å². The molecule has 0 fully saturated rings. The summed E-state index contributed by atoms with van der Waals surface area (Å²) < 4.78 is 6.91. The van der Waals surface area contributed by atoms with Crippen LogP contribution in [0.25, 0.3) is 0 Å². The zero-order valence-corrected chi connectivity index (χ0v) is 16.4. The molecule has 3 N–H and O–H groups in total. The standard InChI is InChI=1S/C22H19N5O3/c1-13-19(22(29)26-17-8-3-4-9-18(17)30-2)20(14-6-5-7-16(28)10-14)27-21(25-13)15(11-23)12-24-27/h3-10,12,20,25,28H,1-2H3,(H,26,29)/t20-/m1/s1. The second-order valence-electron chi connectivity index (χ2n) is 6.78. The van der Waals surface area contributed by atoms with Gasteiger partial charge in [0.15, 0.2) is 0 Å². The van der Waals surface area contributed by atoms with Crippen molar-refractivity contribution < 1.29 is 14.6 Å². The minimum absolute atomic E-state index is 0.0717. The van der Waals surface area contributed by atoms with Gasteiger partial charge in [0.25, 0.3) is 5.91 Å². The number of rotatable bonds is 4. The zero-order chi connectivity index (χ0) is 21.3. The van der Waals surface area contributed by atoms with E-state index in [1.807, 2.05) is 6.07 Å². The van der Waals surface area contributed by atoms with Crippen molar-refractivity contribution in [3.63, 3.8) is 0 Å². The van der Waals surface area contributed by atoms with E-state index >= 15 is 0 Å². The van der Waals surface area contributed by atoms with Crippen molar-refractivity contribution in [2.24, 2.45) is 0 Å². The molecule has 150 valence electrons. The van der Waals surface area contributed by atoms with Crippen LogP contribution in [0.4, 0.5) is 11.5 Å². The average Bonchev–Trinajstić information content (AvgIpc) is 3.15. The molecule has 8 heteroatoms. The summed E-state index contributed by atoms with van der Waals surface area (Å²) in [6.45, 7) is 1.77. The Hall–Kier alpha value is -4.25. The Balaban J connectivity index is 1.82. The number of nitriles is 1. The molecule has 1 aromatic heterocycles. The van der Waals surface area contributed by atoms with Crippen LogP contribution < -0.4 is 15.4 Å². The van der Waals surface area contributed by atoms with Gasteiger partial charge in [-0.3, -0.25) is 4.79 Å². The third-order valence-corrected chi connectivity index (χ3v) is 4.93. The Morgan fingerprint density at radius 1 is 1.30 bits per heavy atom. The van der Waals surface area contributed by atoms with Crippen LogP contribution in [0.1, 0.15) is 24.1 Å². The number of phenols is 1. The van der Waals surface area contributed by atoms with E-state index in [0.29, 0.717) is 39.7 Å². The summed E-state index contributed by atoms with van der Waals surface area (Å²) in [4.78, 5) is 13.4. The number of benzene rings is 2. The van der Waals surface area contributed by atoms with E-state index < -0.39 is 6.04 Å². The predicted molar refractivity (Wildman–Crippen MR) is 111 cm³/mol. The van der Waals surface area contributed by atoms with E-state index in [1.54, 1.807) is 54.1 Å². The van der Waals surface area contributed by atoms with Crippen LogP contribution >= 0.6 is 0 Å². The number of allylic oxidation sites excluding steroid dienone is 1. The van der Waals surface area contributed by atoms with E-state index in [4.69, 9.17) is 4.74 Å². The van der Waals surface area contributed by atoms with Crippen molar-refractivity contribution in [1.82, 2.24) is 9.78 Å². The fourth-order valence-electron chi connectivity index (χ4n) is 3.57. The highest BCUT2D eigenvalue weighted by molar-refractivity contribution is 6.06. The summed E-state index contributed by atoms with van der Waals surface area (Å²) >= 11 is 0. The number of nitrogens with zero attached hydrogens (tertiary/aromatic N) is 3. The van der Waals surface area contributed by atoms with Crippen molar-refractivity contribution in [3.05, 3.63) is 77.1 Å². The highest BCUT2D eigenvalue weighted by Crippen LogP contribution is 2.38. The summed E-state index contributed by atoms with van der Waals surface area (Å²) in [5, 5.41) is 29.8. The molecule has 0 spiro atoms. The van der Waals surface area contributed by atoms with Crippen LogP contribution in [0.2, 0.25) is 0 Å². The molecule has 0 radical (unpaired) electrons. The van der Waals surface area contributed by atoms with E-state index in [1.165, 1.54) is 13.3 Å². The maximum absolute atomic E-state index is 13.4. The van der Waals surface area contributed by atoms with Gasteiger partial charge < -0.3 is 20.5 Å². The normalized spacial score (nSPS) is 15.0. The molecule has 8 nitrogen and oxygen atoms in total. The van der Waals surface area contributed by atoms with Crippen LogP contribution in [0.5, 0.6) is 11.5 Å². The lowest BCUT2D eigenvalue weighted by molar-refractivity contribution is -0.113. The summed E-state index contributed by atoms with van der Waals surface area (Å²) in [5.41, 5.74) is 2.55. The lowest BCUT2D eigenvalue weighted by Crippen LogP contribution is -2.31. The third kappa shape index (κ3) is 3.22. The predicted octanol–water partition coefficient (Wildman–Crippen LogP) is 3.40. The molecule has 0 bridgehead atoms. The summed E-state index contributed by atoms with van der Waals surface area (Å²) in [7, 11) is 1.53. The number of fused-ring (bicyclic) bond motifs is 1. The molecule has 1 atom stereocenters. The second-order valence-corrected chi connectivity index (χ2v) is 6.78. The number of ether oxygens (including phenoxy) is 1. The molecule has 0 aliphatic carbocycles. The molecule has 0 saturated heterocycles. The summed E-state index contributed by atoms with van der Waals surface area (Å²) in [6, 6.07) is 15.2. The molecule has 0 unspecified atom stereocenters. The number of nitrogens with one attached hydrogen (secondary N) is 2. The molecule has 1 aliphatic heterocycles.